The number of aromatic nitrogens is 2. The van der Waals surface area contributed by atoms with Crippen LogP contribution in [0.2, 0.25) is 0 Å². The lowest BCUT2D eigenvalue weighted by atomic mass is 10.1. The first-order chi connectivity index (χ1) is 12.3. The molecule has 0 saturated carbocycles. The normalized spacial score (nSPS) is 11.4. The first-order valence-electron chi connectivity index (χ1n) is 8.49. The van der Waals surface area contributed by atoms with Gasteiger partial charge in [0.15, 0.2) is 0 Å². The van der Waals surface area contributed by atoms with Crippen LogP contribution in [0.3, 0.4) is 0 Å². The van der Waals surface area contributed by atoms with E-state index in [1.165, 1.54) is 6.20 Å². The van der Waals surface area contributed by atoms with Gasteiger partial charge in [-0.1, -0.05) is 18.2 Å². The molecule has 0 radical (unpaired) electrons. The molecule has 5 heteroatoms. The number of hydrogen-bond acceptors (Lipinski definition) is 5. The van der Waals surface area contributed by atoms with Crippen LogP contribution in [0.4, 0.5) is 0 Å². The molecule has 3 aromatic rings. The first kappa shape index (κ1) is 17.9. The minimum absolute atomic E-state index is 0.171. The smallest absolute Gasteiger partial charge is 0.357 e. The Balaban J connectivity index is 1.71. The molecule has 2 aromatic heterocycles. The number of fused-ring (bicyclic) bond motifs is 1. The highest BCUT2D eigenvalue weighted by Gasteiger charge is 2.14. The van der Waals surface area contributed by atoms with Crippen molar-refractivity contribution in [1.82, 2.24) is 9.97 Å². The fraction of sp³-hybridized carbons (Fsp3) is 0.286. The average molecular weight is 350 g/mol. The molecule has 1 aromatic carbocycles. The number of ether oxygens (including phenoxy) is 2. The van der Waals surface area contributed by atoms with Crippen LogP contribution in [0.15, 0.2) is 48.7 Å². The van der Waals surface area contributed by atoms with Crippen molar-refractivity contribution in [2.75, 3.05) is 0 Å². The standard InChI is InChI=1S/C21H22N2O3/c1-14-11-15(17-7-5-6-8-18(17)23-14)13-25-20(24)19-10-9-16(12-22-19)26-21(2,3)4/h5-12H,13H2,1-4H3. The van der Waals surface area contributed by atoms with Crippen LogP contribution in [0, 0.1) is 6.92 Å². The van der Waals surface area contributed by atoms with Gasteiger partial charge in [0.1, 0.15) is 23.7 Å². The molecule has 0 saturated heterocycles. The number of para-hydroxylation sites is 1. The SMILES string of the molecule is Cc1cc(COC(=O)c2ccc(OC(C)(C)C)cn2)c2ccccc2n1. The van der Waals surface area contributed by atoms with Crippen molar-refractivity contribution >= 4 is 16.9 Å². The second kappa shape index (κ2) is 7.12. The van der Waals surface area contributed by atoms with Crippen LogP contribution < -0.4 is 4.74 Å². The monoisotopic (exact) mass is 350 g/mol. The third kappa shape index (κ3) is 4.36. The summed E-state index contributed by atoms with van der Waals surface area (Å²) in [7, 11) is 0. The van der Waals surface area contributed by atoms with E-state index in [0.717, 1.165) is 22.2 Å². The van der Waals surface area contributed by atoms with E-state index in [1.54, 1.807) is 12.1 Å². The Hall–Kier alpha value is -2.95. The lowest BCUT2D eigenvalue weighted by molar-refractivity contribution is 0.0467. The zero-order chi connectivity index (χ0) is 18.7. The van der Waals surface area contributed by atoms with Gasteiger partial charge in [0.2, 0.25) is 0 Å². The number of nitrogens with zero attached hydrogens (tertiary/aromatic N) is 2. The fourth-order valence-electron chi connectivity index (χ4n) is 2.65. The predicted octanol–water partition coefficient (Wildman–Crippen LogP) is 4.47. The van der Waals surface area contributed by atoms with Crippen molar-refractivity contribution in [1.29, 1.82) is 0 Å². The Morgan fingerprint density at radius 3 is 2.58 bits per heavy atom. The molecule has 5 nitrogen and oxygen atoms in total. The second-order valence-electron chi connectivity index (χ2n) is 7.11. The van der Waals surface area contributed by atoms with E-state index in [0.29, 0.717) is 5.75 Å². The van der Waals surface area contributed by atoms with Gasteiger partial charge < -0.3 is 9.47 Å². The summed E-state index contributed by atoms with van der Waals surface area (Å²) in [6, 6.07) is 13.1. The number of esters is 1. The van der Waals surface area contributed by atoms with Gasteiger partial charge in [0.05, 0.1) is 11.7 Å². The van der Waals surface area contributed by atoms with E-state index in [9.17, 15) is 4.79 Å². The number of rotatable bonds is 4. The van der Waals surface area contributed by atoms with Crippen molar-refractivity contribution in [3.05, 3.63) is 65.6 Å². The maximum atomic E-state index is 12.3. The third-order valence-corrected chi connectivity index (χ3v) is 3.66. The number of carbonyl (C=O) groups excluding carboxylic acids is 1. The number of hydrogen-bond donors (Lipinski definition) is 0. The summed E-state index contributed by atoms with van der Waals surface area (Å²) >= 11 is 0. The minimum Gasteiger partial charge on any atom is -0.487 e. The Morgan fingerprint density at radius 1 is 1.12 bits per heavy atom. The highest BCUT2D eigenvalue weighted by atomic mass is 16.5. The average Bonchev–Trinajstić information content (AvgIpc) is 2.58. The number of pyridine rings is 2. The molecule has 3 rings (SSSR count). The molecule has 0 aliphatic heterocycles. The molecule has 0 atom stereocenters. The van der Waals surface area contributed by atoms with Gasteiger partial charge in [0.25, 0.3) is 0 Å². The third-order valence-electron chi connectivity index (χ3n) is 3.66. The van der Waals surface area contributed by atoms with E-state index >= 15 is 0 Å². The Labute approximate surface area is 153 Å². The van der Waals surface area contributed by atoms with Gasteiger partial charge in [-0.25, -0.2) is 9.78 Å². The molecule has 0 amide bonds. The summed E-state index contributed by atoms with van der Waals surface area (Å²) < 4.78 is 11.2. The van der Waals surface area contributed by atoms with Crippen molar-refractivity contribution < 1.29 is 14.3 Å². The molecule has 26 heavy (non-hydrogen) atoms. The number of benzene rings is 1. The van der Waals surface area contributed by atoms with Gasteiger partial charge in [0, 0.05) is 16.6 Å². The topological polar surface area (TPSA) is 61.3 Å². The van der Waals surface area contributed by atoms with Gasteiger partial charge >= 0.3 is 5.97 Å². The van der Waals surface area contributed by atoms with Crippen molar-refractivity contribution in [3.8, 4) is 5.75 Å². The maximum absolute atomic E-state index is 12.3. The fourth-order valence-corrected chi connectivity index (χ4v) is 2.65. The molecule has 0 aliphatic carbocycles. The van der Waals surface area contributed by atoms with Crippen LogP contribution in [-0.2, 0) is 11.3 Å². The van der Waals surface area contributed by atoms with E-state index in [-0.39, 0.29) is 17.9 Å². The predicted molar refractivity (Wildman–Crippen MR) is 100 cm³/mol. The zero-order valence-corrected chi connectivity index (χ0v) is 15.4. The zero-order valence-electron chi connectivity index (χ0n) is 15.4. The van der Waals surface area contributed by atoms with Crippen molar-refractivity contribution in [3.63, 3.8) is 0 Å². The number of aryl methyl sites for hydroxylation is 1. The van der Waals surface area contributed by atoms with Gasteiger partial charge in [-0.3, -0.25) is 4.98 Å². The molecule has 0 N–H and O–H groups in total. The van der Waals surface area contributed by atoms with Gasteiger partial charge in [-0.15, -0.1) is 0 Å². The summed E-state index contributed by atoms with van der Waals surface area (Å²) in [4.78, 5) is 20.9. The molecular weight excluding hydrogens is 328 g/mol. The Kier molecular flexibility index (Phi) is 4.89. The summed E-state index contributed by atoms with van der Waals surface area (Å²) in [5.41, 5.74) is 2.64. The van der Waals surface area contributed by atoms with Gasteiger partial charge in [-0.2, -0.15) is 0 Å². The quantitative estimate of drug-likeness (QED) is 0.650. The summed E-state index contributed by atoms with van der Waals surface area (Å²) in [5.74, 6) is 0.149. The van der Waals surface area contributed by atoms with E-state index < -0.39 is 5.97 Å². The minimum atomic E-state index is -0.467. The lowest BCUT2D eigenvalue weighted by Crippen LogP contribution is -2.23. The van der Waals surface area contributed by atoms with Crippen LogP contribution in [0.25, 0.3) is 10.9 Å². The summed E-state index contributed by atoms with van der Waals surface area (Å²) in [6.07, 6.45) is 1.54. The second-order valence-corrected chi connectivity index (χ2v) is 7.11. The van der Waals surface area contributed by atoms with Crippen LogP contribution >= 0.6 is 0 Å². The van der Waals surface area contributed by atoms with Crippen molar-refractivity contribution in [2.45, 2.75) is 39.9 Å². The van der Waals surface area contributed by atoms with E-state index in [2.05, 4.69) is 9.97 Å². The molecule has 2 heterocycles. The number of carbonyl (C=O) groups is 1. The molecular formula is C21H22N2O3. The Morgan fingerprint density at radius 2 is 1.88 bits per heavy atom. The molecule has 134 valence electrons. The Bertz CT molecular complexity index is 928. The maximum Gasteiger partial charge on any atom is 0.357 e. The highest BCUT2D eigenvalue weighted by molar-refractivity contribution is 5.88. The molecule has 0 fully saturated rings. The van der Waals surface area contributed by atoms with Crippen molar-refractivity contribution in [2.24, 2.45) is 0 Å². The molecule has 0 bridgehead atoms. The molecule has 0 aliphatic rings. The van der Waals surface area contributed by atoms with Gasteiger partial charge in [-0.05, 0) is 52.0 Å². The largest absolute Gasteiger partial charge is 0.487 e. The summed E-state index contributed by atoms with van der Waals surface area (Å²) in [6.45, 7) is 7.96. The molecule has 0 unspecified atom stereocenters. The van der Waals surface area contributed by atoms with Crippen LogP contribution in [-0.4, -0.2) is 21.5 Å². The van der Waals surface area contributed by atoms with Crippen LogP contribution in [0.1, 0.15) is 42.5 Å². The lowest BCUT2D eigenvalue weighted by Gasteiger charge is -2.20. The summed E-state index contributed by atoms with van der Waals surface area (Å²) in [5, 5.41) is 0.979. The van der Waals surface area contributed by atoms with Crippen LogP contribution in [0.5, 0.6) is 5.75 Å². The molecule has 0 spiro atoms. The van der Waals surface area contributed by atoms with E-state index in [1.807, 2.05) is 58.0 Å². The highest BCUT2D eigenvalue weighted by Crippen LogP contribution is 2.20. The van der Waals surface area contributed by atoms with E-state index in [4.69, 9.17) is 9.47 Å². The first-order valence-corrected chi connectivity index (χ1v) is 8.49.